The molecule has 0 saturated heterocycles. The highest BCUT2D eigenvalue weighted by Crippen LogP contribution is 2.04. The van der Waals surface area contributed by atoms with Gasteiger partial charge in [0, 0.05) is 0 Å². The van der Waals surface area contributed by atoms with E-state index in [0.29, 0.717) is 6.42 Å². The van der Waals surface area contributed by atoms with Crippen molar-refractivity contribution in [2.75, 3.05) is 0 Å². The molecular weight excluding hydrogens is 310 g/mol. The predicted molar refractivity (Wildman–Crippen MR) is 90.1 cm³/mol. The van der Waals surface area contributed by atoms with Crippen LogP contribution in [0.15, 0.2) is 30.3 Å². The van der Waals surface area contributed by atoms with Crippen molar-refractivity contribution in [3.8, 4) is 0 Å². The van der Waals surface area contributed by atoms with Crippen LogP contribution in [0.25, 0.3) is 0 Å². The van der Waals surface area contributed by atoms with Crippen LogP contribution in [0.3, 0.4) is 0 Å². The van der Waals surface area contributed by atoms with Crippen molar-refractivity contribution in [1.82, 2.24) is 10.6 Å². The zero-order valence-electron chi connectivity index (χ0n) is 14.2. The van der Waals surface area contributed by atoms with Gasteiger partial charge >= 0.3 is 5.97 Å². The minimum absolute atomic E-state index is 0.269. The number of carbonyl (C=O) groups is 3. The standard InChI is InChI=1S/C17H25N3O4/c1-10(2)14(17(23)24)20-15(21)11(3)19-16(22)13(18)9-12-7-5-4-6-8-12/h4-8,10-11,13-14H,9,18H2,1-3H3,(H,19,22)(H,20,21)(H,23,24). The largest absolute Gasteiger partial charge is 0.480 e. The van der Waals surface area contributed by atoms with Crippen molar-refractivity contribution in [1.29, 1.82) is 0 Å². The number of amides is 2. The summed E-state index contributed by atoms with van der Waals surface area (Å²) in [7, 11) is 0. The first-order valence-corrected chi connectivity index (χ1v) is 7.85. The molecule has 0 saturated carbocycles. The highest BCUT2D eigenvalue weighted by Gasteiger charge is 2.27. The van der Waals surface area contributed by atoms with Gasteiger partial charge in [-0.1, -0.05) is 44.2 Å². The molecule has 0 aliphatic heterocycles. The number of nitrogens with one attached hydrogen (secondary N) is 2. The molecule has 7 nitrogen and oxygen atoms in total. The number of benzene rings is 1. The van der Waals surface area contributed by atoms with Gasteiger partial charge in [0.2, 0.25) is 11.8 Å². The van der Waals surface area contributed by atoms with Crippen molar-refractivity contribution in [2.45, 2.75) is 45.3 Å². The van der Waals surface area contributed by atoms with Crippen LogP contribution in [0.4, 0.5) is 0 Å². The molecule has 7 heteroatoms. The molecular formula is C17H25N3O4. The van der Waals surface area contributed by atoms with Gasteiger partial charge in [-0.15, -0.1) is 0 Å². The summed E-state index contributed by atoms with van der Waals surface area (Å²) in [5, 5.41) is 14.0. The summed E-state index contributed by atoms with van der Waals surface area (Å²) >= 11 is 0. The van der Waals surface area contributed by atoms with Gasteiger partial charge in [-0.05, 0) is 24.8 Å². The van der Waals surface area contributed by atoms with E-state index in [9.17, 15) is 14.4 Å². The molecule has 0 radical (unpaired) electrons. The number of hydrogen-bond donors (Lipinski definition) is 4. The quantitative estimate of drug-likeness (QED) is 0.544. The van der Waals surface area contributed by atoms with Crippen LogP contribution in [0.1, 0.15) is 26.3 Å². The Morgan fingerprint density at radius 3 is 2.12 bits per heavy atom. The van der Waals surface area contributed by atoms with E-state index < -0.39 is 35.9 Å². The molecule has 0 aliphatic rings. The summed E-state index contributed by atoms with van der Waals surface area (Å²) in [4.78, 5) is 35.2. The van der Waals surface area contributed by atoms with Gasteiger partial charge in [0.1, 0.15) is 12.1 Å². The molecule has 0 aromatic heterocycles. The third-order valence-electron chi connectivity index (χ3n) is 3.62. The maximum Gasteiger partial charge on any atom is 0.326 e. The number of carboxylic acids is 1. The molecule has 0 spiro atoms. The fourth-order valence-electron chi connectivity index (χ4n) is 2.14. The van der Waals surface area contributed by atoms with Crippen LogP contribution < -0.4 is 16.4 Å². The fraction of sp³-hybridized carbons (Fsp3) is 0.471. The molecule has 3 atom stereocenters. The van der Waals surface area contributed by atoms with Crippen LogP contribution in [-0.2, 0) is 20.8 Å². The third kappa shape index (κ3) is 6.00. The predicted octanol–water partition coefficient (Wildman–Crippen LogP) is 0.287. The van der Waals surface area contributed by atoms with E-state index in [1.807, 2.05) is 30.3 Å². The van der Waals surface area contributed by atoms with Crippen molar-refractivity contribution in [3.63, 3.8) is 0 Å². The normalized spacial score (nSPS) is 14.5. The van der Waals surface area contributed by atoms with Gasteiger partial charge in [0.05, 0.1) is 6.04 Å². The van der Waals surface area contributed by atoms with Crippen LogP contribution in [0.2, 0.25) is 0 Å². The fourth-order valence-corrected chi connectivity index (χ4v) is 2.14. The van der Waals surface area contributed by atoms with Gasteiger partial charge < -0.3 is 21.5 Å². The summed E-state index contributed by atoms with van der Waals surface area (Å²) in [5.74, 6) is -2.40. The smallest absolute Gasteiger partial charge is 0.326 e. The summed E-state index contributed by atoms with van der Waals surface area (Å²) < 4.78 is 0. The third-order valence-corrected chi connectivity index (χ3v) is 3.62. The zero-order chi connectivity index (χ0) is 18.3. The lowest BCUT2D eigenvalue weighted by molar-refractivity contribution is -0.143. The second-order valence-electron chi connectivity index (χ2n) is 6.10. The summed E-state index contributed by atoms with van der Waals surface area (Å²) in [6.45, 7) is 4.87. The SMILES string of the molecule is CC(NC(=O)C(N)Cc1ccccc1)C(=O)NC(C(=O)O)C(C)C. The summed E-state index contributed by atoms with van der Waals surface area (Å²) in [5.41, 5.74) is 6.78. The molecule has 24 heavy (non-hydrogen) atoms. The zero-order valence-corrected chi connectivity index (χ0v) is 14.2. The molecule has 5 N–H and O–H groups in total. The van der Waals surface area contributed by atoms with Crippen LogP contribution in [-0.4, -0.2) is 41.0 Å². The Morgan fingerprint density at radius 1 is 1.04 bits per heavy atom. The lowest BCUT2D eigenvalue weighted by Gasteiger charge is -2.22. The Hall–Kier alpha value is -2.41. The van der Waals surface area contributed by atoms with Crippen LogP contribution in [0, 0.1) is 5.92 Å². The van der Waals surface area contributed by atoms with E-state index in [4.69, 9.17) is 10.8 Å². The summed E-state index contributed by atoms with van der Waals surface area (Å²) in [6, 6.07) is 6.64. The minimum Gasteiger partial charge on any atom is -0.480 e. The van der Waals surface area contributed by atoms with Gasteiger partial charge in [-0.3, -0.25) is 9.59 Å². The van der Waals surface area contributed by atoms with Crippen molar-refractivity contribution in [3.05, 3.63) is 35.9 Å². The first-order valence-electron chi connectivity index (χ1n) is 7.85. The first-order chi connectivity index (χ1) is 11.2. The molecule has 1 aromatic rings. The van der Waals surface area contributed by atoms with Crippen molar-refractivity contribution < 1.29 is 19.5 Å². The van der Waals surface area contributed by atoms with Crippen LogP contribution >= 0.6 is 0 Å². The van der Waals surface area contributed by atoms with Crippen LogP contribution in [0.5, 0.6) is 0 Å². The van der Waals surface area contributed by atoms with E-state index in [-0.39, 0.29) is 5.92 Å². The van der Waals surface area contributed by atoms with E-state index in [2.05, 4.69) is 10.6 Å². The Labute approximate surface area is 141 Å². The summed E-state index contributed by atoms with van der Waals surface area (Å²) in [6.07, 6.45) is 0.352. The minimum atomic E-state index is -1.11. The maximum atomic E-state index is 12.1. The average molecular weight is 335 g/mol. The molecule has 3 unspecified atom stereocenters. The number of carboxylic acid groups (broad SMARTS) is 1. The van der Waals surface area contributed by atoms with E-state index >= 15 is 0 Å². The lowest BCUT2D eigenvalue weighted by atomic mass is 10.0. The Morgan fingerprint density at radius 2 is 1.62 bits per heavy atom. The molecule has 1 aromatic carbocycles. The maximum absolute atomic E-state index is 12.1. The Bertz CT molecular complexity index is 574. The van der Waals surface area contributed by atoms with E-state index in [1.54, 1.807) is 13.8 Å². The Kier molecular flexibility index (Phi) is 7.38. The van der Waals surface area contributed by atoms with E-state index in [0.717, 1.165) is 5.56 Å². The molecule has 0 bridgehead atoms. The van der Waals surface area contributed by atoms with Gasteiger partial charge in [0.25, 0.3) is 0 Å². The molecule has 0 heterocycles. The highest BCUT2D eigenvalue weighted by atomic mass is 16.4. The topological polar surface area (TPSA) is 122 Å². The molecule has 132 valence electrons. The first kappa shape index (κ1) is 19.6. The number of aliphatic carboxylic acids is 1. The molecule has 0 aliphatic carbocycles. The van der Waals surface area contributed by atoms with Crippen molar-refractivity contribution >= 4 is 17.8 Å². The lowest BCUT2D eigenvalue weighted by Crippen LogP contribution is -2.54. The van der Waals surface area contributed by atoms with Gasteiger partial charge in [0.15, 0.2) is 0 Å². The molecule has 0 fully saturated rings. The number of carbonyl (C=O) groups excluding carboxylic acids is 2. The molecule has 2 amide bonds. The highest BCUT2D eigenvalue weighted by molar-refractivity contribution is 5.91. The van der Waals surface area contributed by atoms with Gasteiger partial charge in [-0.2, -0.15) is 0 Å². The van der Waals surface area contributed by atoms with E-state index in [1.165, 1.54) is 6.92 Å². The number of rotatable bonds is 8. The van der Waals surface area contributed by atoms with Crippen molar-refractivity contribution in [2.24, 2.45) is 11.7 Å². The molecule has 1 rings (SSSR count). The second kappa shape index (κ2) is 9.02. The number of hydrogen-bond acceptors (Lipinski definition) is 4. The average Bonchev–Trinajstić information content (AvgIpc) is 2.52. The monoisotopic (exact) mass is 335 g/mol. The Balaban J connectivity index is 2.56. The number of nitrogens with two attached hydrogens (primary N) is 1. The van der Waals surface area contributed by atoms with Gasteiger partial charge in [-0.25, -0.2) is 4.79 Å². The second-order valence-corrected chi connectivity index (χ2v) is 6.10.